The number of halogens is 2. The van der Waals surface area contributed by atoms with E-state index in [1.54, 1.807) is 47.5 Å². The molecule has 1 fully saturated rings. The van der Waals surface area contributed by atoms with Crippen molar-refractivity contribution >= 4 is 16.8 Å². The Morgan fingerprint density at radius 3 is 2.65 bits per heavy atom. The van der Waals surface area contributed by atoms with Crippen molar-refractivity contribution < 1.29 is 13.5 Å². The van der Waals surface area contributed by atoms with Crippen LogP contribution in [0.1, 0.15) is 38.4 Å². The van der Waals surface area contributed by atoms with E-state index < -0.39 is 11.5 Å². The second kappa shape index (κ2) is 7.31. The normalized spacial score (nSPS) is 14.9. The fourth-order valence-electron chi connectivity index (χ4n) is 4.30. The van der Waals surface area contributed by atoms with Gasteiger partial charge in [0.05, 0.1) is 25.3 Å². The monoisotopic (exact) mass is 460 g/mol. The maximum atomic E-state index is 15.1. The molecule has 0 amide bonds. The molecule has 34 heavy (non-hydrogen) atoms. The van der Waals surface area contributed by atoms with E-state index in [4.69, 9.17) is 4.74 Å². The molecule has 9 heteroatoms. The minimum Gasteiger partial charge on any atom is -0.496 e. The maximum absolute atomic E-state index is 15.1. The molecule has 0 spiro atoms. The summed E-state index contributed by atoms with van der Waals surface area (Å²) in [6, 6.07) is 6.74. The number of aromatic nitrogens is 6. The van der Waals surface area contributed by atoms with Crippen LogP contribution in [0.2, 0.25) is 0 Å². The number of methoxy groups -OCH3 is 1. The summed E-state index contributed by atoms with van der Waals surface area (Å²) in [4.78, 5) is 8.96. The average molecular weight is 460 g/mol. The Labute approximate surface area is 194 Å². The van der Waals surface area contributed by atoms with Crippen LogP contribution in [0.4, 0.5) is 8.78 Å². The summed E-state index contributed by atoms with van der Waals surface area (Å²) in [5, 5.41) is 8.41. The third-order valence-electron chi connectivity index (χ3n) is 6.41. The van der Waals surface area contributed by atoms with Gasteiger partial charge in [-0.15, -0.1) is 5.10 Å². The molecule has 0 atom stereocenters. The van der Waals surface area contributed by atoms with Gasteiger partial charge < -0.3 is 13.7 Å². The minimum absolute atomic E-state index is 0.175. The smallest absolute Gasteiger partial charge is 0.183 e. The molecule has 0 aliphatic heterocycles. The van der Waals surface area contributed by atoms with Crippen LogP contribution in [0.3, 0.4) is 0 Å². The van der Waals surface area contributed by atoms with Gasteiger partial charge in [0, 0.05) is 41.2 Å². The number of nitrogens with zero attached hydrogens (tertiary/aromatic N) is 6. The summed E-state index contributed by atoms with van der Waals surface area (Å²) in [6.07, 6.45) is 7.71. The highest BCUT2D eigenvalue weighted by Gasteiger charge is 2.47. The fourth-order valence-corrected chi connectivity index (χ4v) is 4.30. The Morgan fingerprint density at radius 1 is 1.09 bits per heavy atom. The van der Waals surface area contributed by atoms with Crippen LogP contribution >= 0.6 is 0 Å². The van der Waals surface area contributed by atoms with Gasteiger partial charge >= 0.3 is 0 Å². The second-order valence-corrected chi connectivity index (χ2v) is 8.98. The zero-order valence-corrected chi connectivity index (χ0v) is 19.0. The molecule has 0 unspecified atom stereocenters. The molecule has 0 N–H and O–H groups in total. The van der Waals surface area contributed by atoms with E-state index in [1.165, 1.54) is 13.2 Å². The van der Waals surface area contributed by atoms with Gasteiger partial charge in [0.15, 0.2) is 11.3 Å². The number of hydrogen-bond donors (Lipinski definition) is 0. The Morgan fingerprint density at radius 2 is 1.91 bits per heavy atom. The molecule has 5 aromatic rings. The second-order valence-electron chi connectivity index (χ2n) is 8.98. The van der Waals surface area contributed by atoms with Crippen molar-refractivity contribution in [2.45, 2.75) is 38.4 Å². The molecule has 4 aromatic heterocycles. The Kier molecular flexibility index (Phi) is 4.45. The van der Waals surface area contributed by atoms with Gasteiger partial charge in [-0.2, -0.15) is 5.10 Å². The highest BCUT2D eigenvalue weighted by Crippen LogP contribution is 2.49. The maximum Gasteiger partial charge on any atom is 0.183 e. The van der Waals surface area contributed by atoms with Crippen molar-refractivity contribution in [3.8, 4) is 28.0 Å². The third kappa shape index (κ3) is 3.14. The lowest BCUT2D eigenvalue weighted by Gasteiger charge is -2.12. The molecule has 6 rings (SSSR count). The first-order chi connectivity index (χ1) is 16.4. The van der Waals surface area contributed by atoms with E-state index in [1.807, 2.05) is 18.4 Å². The van der Waals surface area contributed by atoms with Gasteiger partial charge in [-0.3, -0.25) is 0 Å². The van der Waals surface area contributed by atoms with Crippen molar-refractivity contribution in [2.75, 3.05) is 7.11 Å². The summed E-state index contributed by atoms with van der Waals surface area (Å²) in [7, 11) is 1.52. The van der Waals surface area contributed by atoms with Crippen LogP contribution in [0.15, 0.2) is 49.2 Å². The van der Waals surface area contributed by atoms with Gasteiger partial charge in [-0.05, 0) is 44.4 Å². The molecule has 1 saturated carbocycles. The quantitative estimate of drug-likeness (QED) is 0.347. The van der Waals surface area contributed by atoms with E-state index in [0.717, 1.165) is 11.1 Å². The van der Waals surface area contributed by atoms with Gasteiger partial charge in [0.25, 0.3) is 0 Å². The van der Waals surface area contributed by atoms with Crippen molar-refractivity contribution in [2.24, 2.45) is 0 Å². The predicted molar refractivity (Wildman–Crippen MR) is 124 cm³/mol. The predicted octanol–water partition coefficient (Wildman–Crippen LogP) is 5.50. The van der Waals surface area contributed by atoms with E-state index >= 15 is 4.39 Å². The molecule has 0 bridgehead atoms. The topological polar surface area (TPSA) is 70.1 Å². The van der Waals surface area contributed by atoms with Gasteiger partial charge in [0.2, 0.25) is 0 Å². The SMILES string of the molecule is COc1cc2nc(C3(F)CC3)cn2cc1-c1cc(-c2cnnc3c2ncn3C(C)C)ccc1F. The summed E-state index contributed by atoms with van der Waals surface area (Å²) in [5.74, 6) is 0.0448. The van der Waals surface area contributed by atoms with Crippen molar-refractivity contribution in [3.63, 3.8) is 0 Å². The molecule has 7 nitrogen and oxygen atoms in total. The van der Waals surface area contributed by atoms with E-state index in [2.05, 4.69) is 20.2 Å². The van der Waals surface area contributed by atoms with Crippen LogP contribution in [-0.4, -0.2) is 36.2 Å². The first kappa shape index (κ1) is 20.7. The zero-order chi connectivity index (χ0) is 23.6. The van der Waals surface area contributed by atoms with Crippen LogP contribution in [-0.2, 0) is 5.67 Å². The zero-order valence-electron chi connectivity index (χ0n) is 19.0. The molecule has 1 aliphatic rings. The molecule has 172 valence electrons. The number of benzene rings is 1. The summed E-state index contributed by atoms with van der Waals surface area (Å²) >= 11 is 0. The Bertz CT molecular complexity index is 1570. The number of imidazole rings is 2. The highest BCUT2D eigenvalue weighted by molar-refractivity contribution is 5.90. The van der Waals surface area contributed by atoms with Gasteiger partial charge in [-0.1, -0.05) is 6.07 Å². The Balaban J connectivity index is 1.51. The van der Waals surface area contributed by atoms with Crippen molar-refractivity contribution in [1.82, 2.24) is 29.1 Å². The van der Waals surface area contributed by atoms with E-state index in [-0.39, 0.29) is 6.04 Å². The van der Waals surface area contributed by atoms with Crippen molar-refractivity contribution in [3.05, 3.63) is 60.7 Å². The van der Waals surface area contributed by atoms with Gasteiger partial charge in [0.1, 0.15) is 22.7 Å². The summed E-state index contributed by atoms with van der Waals surface area (Å²) < 4.78 is 38.9. The molecule has 0 radical (unpaired) electrons. The standard InChI is InChI=1S/C25H22F2N6O/c1-14(2)33-13-28-23-17(10-29-31-24(23)33)15-4-5-19(26)16(8-15)18-11-32-12-21(25(27)6-7-25)30-22(32)9-20(18)34-3/h4-5,8-14H,6-7H2,1-3H3. The lowest BCUT2D eigenvalue weighted by molar-refractivity contribution is 0.310. The molecular weight excluding hydrogens is 438 g/mol. The first-order valence-corrected chi connectivity index (χ1v) is 11.1. The van der Waals surface area contributed by atoms with E-state index in [9.17, 15) is 4.39 Å². The molecule has 1 aromatic carbocycles. The highest BCUT2D eigenvalue weighted by atomic mass is 19.1. The first-order valence-electron chi connectivity index (χ1n) is 11.1. The number of pyridine rings is 1. The molecule has 4 heterocycles. The molecule has 1 aliphatic carbocycles. The lowest BCUT2D eigenvalue weighted by atomic mass is 9.99. The Hall–Kier alpha value is -3.88. The largest absolute Gasteiger partial charge is 0.496 e. The van der Waals surface area contributed by atoms with Crippen molar-refractivity contribution in [1.29, 1.82) is 0 Å². The number of ether oxygens (including phenoxy) is 1. The average Bonchev–Trinajstić information content (AvgIpc) is 3.24. The van der Waals surface area contributed by atoms with Crippen LogP contribution in [0, 0.1) is 5.82 Å². The number of fused-ring (bicyclic) bond motifs is 2. The van der Waals surface area contributed by atoms with Crippen LogP contribution in [0.25, 0.3) is 39.1 Å². The minimum atomic E-state index is -1.36. The van der Waals surface area contributed by atoms with Crippen LogP contribution < -0.4 is 4.74 Å². The third-order valence-corrected chi connectivity index (χ3v) is 6.41. The van der Waals surface area contributed by atoms with E-state index in [0.29, 0.717) is 52.2 Å². The number of rotatable bonds is 5. The number of alkyl halides is 1. The summed E-state index contributed by atoms with van der Waals surface area (Å²) in [5.41, 5.74) is 3.34. The molecule has 0 saturated heterocycles. The number of hydrogen-bond acceptors (Lipinski definition) is 5. The van der Waals surface area contributed by atoms with Crippen LogP contribution in [0.5, 0.6) is 5.75 Å². The fraction of sp³-hybridized carbons (Fsp3) is 0.280. The summed E-state index contributed by atoms with van der Waals surface area (Å²) in [6.45, 7) is 4.09. The van der Waals surface area contributed by atoms with Gasteiger partial charge in [-0.25, -0.2) is 18.7 Å². The molecular formula is C25H22F2N6O. The lowest BCUT2D eigenvalue weighted by Crippen LogP contribution is -2.00.